The molecule has 0 amide bonds. The average molecular weight is 279 g/mol. The van der Waals surface area contributed by atoms with Crippen molar-refractivity contribution in [1.82, 2.24) is 5.32 Å². The summed E-state index contributed by atoms with van der Waals surface area (Å²) in [6.07, 6.45) is 3.60. The highest BCUT2D eigenvalue weighted by Gasteiger charge is 2.26. The molecule has 3 atom stereocenters. The molecule has 0 bridgehead atoms. The van der Waals surface area contributed by atoms with Crippen LogP contribution in [-0.4, -0.2) is 13.2 Å². The highest BCUT2D eigenvalue weighted by molar-refractivity contribution is 5.37. The Morgan fingerprint density at radius 1 is 1.20 bits per heavy atom. The molecule has 0 radical (unpaired) electrons. The number of rotatable bonds is 4. The summed E-state index contributed by atoms with van der Waals surface area (Å²) in [6, 6.07) is 5.06. The third-order valence-corrected chi connectivity index (χ3v) is 4.31. The lowest BCUT2D eigenvalue weighted by molar-refractivity contribution is 0.0991. The molecule has 1 fully saturated rings. The maximum absolute atomic E-state index is 14.1. The van der Waals surface area contributed by atoms with Crippen molar-refractivity contribution in [2.24, 2.45) is 11.8 Å². The van der Waals surface area contributed by atoms with E-state index in [1.807, 2.05) is 20.0 Å². The monoisotopic (exact) mass is 279 g/mol. The molecule has 0 saturated heterocycles. The molecule has 20 heavy (non-hydrogen) atoms. The van der Waals surface area contributed by atoms with Crippen LogP contribution in [0.2, 0.25) is 0 Å². The van der Waals surface area contributed by atoms with E-state index in [0.717, 1.165) is 12.8 Å². The van der Waals surface area contributed by atoms with Gasteiger partial charge in [0.1, 0.15) is 11.6 Å². The first-order valence-electron chi connectivity index (χ1n) is 7.63. The molecule has 2 nitrogen and oxygen atoms in total. The minimum atomic E-state index is -0.193. The molecule has 1 saturated carbocycles. The second-order valence-electron chi connectivity index (χ2n) is 6.32. The first-order chi connectivity index (χ1) is 9.51. The normalized spacial score (nSPS) is 28.1. The summed E-state index contributed by atoms with van der Waals surface area (Å²) < 4.78 is 20.2. The lowest BCUT2D eigenvalue weighted by Gasteiger charge is -2.32. The minimum Gasteiger partial charge on any atom is -0.490 e. The van der Waals surface area contributed by atoms with Crippen molar-refractivity contribution < 1.29 is 9.13 Å². The Balaban J connectivity index is 2.18. The topological polar surface area (TPSA) is 21.3 Å². The summed E-state index contributed by atoms with van der Waals surface area (Å²) in [4.78, 5) is 0. The molecule has 1 aliphatic rings. The highest BCUT2D eigenvalue weighted by Crippen LogP contribution is 2.34. The summed E-state index contributed by atoms with van der Waals surface area (Å²) in [7, 11) is 1.84. The third-order valence-electron chi connectivity index (χ3n) is 4.31. The Morgan fingerprint density at radius 2 is 1.85 bits per heavy atom. The van der Waals surface area contributed by atoms with Crippen LogP contribution < -0.4 is 10.1 Å². The lowest BCUT2D eigenvalue weighted by Crippen LogP contribution is -2.29. The SMILES string of the molecule is CNC(C)c1c(F)cccc1OC1CC(C)CC(C)C1. The first kappa shape index (κ1) is 15.3. The van der Waals surface area contributed by atoms with E-state index in [1.165, 1.54) is 12.5 Å². The Labute approximate surface area is 121 Å². The van der Waals surface area contributed by atoms with Gasteiger partial charge >= 0.3 is 0 Å². The molecule has 0 aliphatic heterocycles. The Hall–Kier alpha value is -1.09. The number of benzene rings is 1. The van der Waals surface area contributed by atoms with Gasteiger partial charge in [-0.3, -0.25) is 0 Å². The van der Waals surface area contributed by atoms with Crippen LogP contribution in [0, 0.1) is 17.7 Å². The fourth-order valence-electron chi connectivity index (χ4n) is 3.33. The first-order valence-corrected chi connectivity index (χ1v) is 7.63. The van der Waals surface area contributed by atoms with Crippen LogP contribution in [-0.2, 0) is 0 Å². The van der Waals surface area contributed by atoms with E-state index in [4.69, 9.17) is 4.74 Å². The van der Waals surface area contributed by atoms with Gasteiger partial charge in [0, 0.05) is 11.6 Å². The van der Waals surface area contributed by atoms with Crippen molar-refractivity contribution >= 4 is 0 Å². The predicted molar refractivity (Wildman–Crippen MR) is 80.5 cm³/mol. The van der Waals surface area contributed by atoms with E-state index >= 15 is 0 Å². The largest absolute Gasteiger partial charge is 0.490 e. The van der Waals surface area contributed by atoms with E-state index in [0.29, 0.717) is 23.1 Å². The second kappa shape index (κ2) is 6.57. The molecule has 0 heterocycles. The molecule has 0 spiro atoms. The molecule has 1 aliphatic carbocycles. The predicted octanol–water partition coefficient (Wildman–Crippen LogP) is 4.31. The highest BCUT2D eigenvalue weighted by atomic mass is 19.1. The van der Waals surface area contributed by atoms with Crippen LogP contribution in [0.25, 0.3) is 0 Å². The van der Waals surface area contributed by atoms with Crippen LogP contribution in [0.1, 0.15) is 51.6 Å². The van der Waals surface area contributed by atoms with Gasteiger partial charge in [0.15, 0.2) is 0 Å². The molecule has 1 aromatic carbocycles. The van der Waals surface area contributed by atoms with Gasteiger partial charge in [0.05, 0.1) is 6.10 Å². The van der Waals surface area contributed by atoms with Gasteiger partial charge in [-0.1, -0.05) is 19.9 Å². The van der Waals surface area contributed by atoms with Crippen LogP contribution in [0.3, 0.4) is 0 Å². The third kappa shape index (κ3) is 3.51. The van der Waals surface area contributed by atoms with Crippen molar-refractivity contribution in [2.75, 3.05) is 7.05 Å². The summed E-state index contributed by atoms with van der Waals surface area (Å²) in [6.45, 7) is 6.50. The maximum Gasteiger partial charge on any atom is 0.131 e. The van der Waals surface area contributed by atoms with Crippen molar-refractivity contribution in [1.29, 1.82) is 0 Å². The van der Waals surface area contributed by atoms with Gasteiger partial charge in [0.25, 0.3) is 0 Å². The number of nitrogens with one attached hydrogen (secondary N) is 1. The van der Waals surface area contributed by atoms with Crippen LogP contribution in [0.4, 0.5) is 4.39 Å². The molecule has 0 aromatic heterocycles. The van der Waals surface area contributed by atoms with E-state index in [-0.39, 0.29) is 18.0 Å². The quantitative estimate of drug-likeness (QED) is 0.886. The summed E-state index contributed by atoms with van der Waals surface area (Å²) in [5.74, 6) is 1.87. The molecule has 3 unspecified atom stereocenters. The number of hydrogen-bond donors (Lipinski definition) is 1. The molecule has 1 N–H and O–H groups in total. The molecule has 1 aromatic rings. The summed E-state index contributed by atoms with van der Waals surface area (Å²) in [5.41, 5.74) is 0.640. The number of halogens is 1. The van der Waals surface area contributed by atoms with Gasteiger partial charge in [0.2, 0.25) is 0 Å². The lowest BCUT2D eigenvalue weighted by atomic mass is 9.82. The van der Waals surface area contributed by atoms with E-state index < -0.39 is 0 Å². The summed E-state index contributed by atoms with van der Waals surface area (Å²) >= 11 is 0. The Kier molecular flexibility index (Phi) is 5.03. The molecular weight excluding hydrogens is 253 g/mol. The van der Waals surface area contributed by atoms with Gasteiger partial charge < -0.3 is 10.1 Å². The van der Waals surface area contributed by atoms with E-state index in [9.17, 15) is 4.39 Å². The standard InChI is InChI=1S/C17H26FNO/c1-11-8-12(2)10-14(9-11)20-16-7-5-6-15(18)17(16)13(3)19-4/h5-7,11-14,19H,8-10H2,1-4H3. The fraction of sp³-hybridized carbons (Fsp3) is 0.647. The van der Waals surface area contributed by atoms with Gasteiger partial charge in [-0.05, 0) is 57.2 Å². The van der Waals surface area contributed by atoms with Crippen molar-refractivity contribution in [3.05, 3.63) is 29.6 Å². The average Bonchev–Trinajstić information content (AvgIpc) is 2.37. The zero-order valence-corrected chi connectivity index (χ0v) is 12.9. The maximum atomic E-state index is 14.1. The molecule has 112 valence electrons. The van der Waals surface area contributed by atoms with Crippen LogP contribution in [0.5, 0.6) is 5.75 Å². The number of hydrogen-bond acceptors (Lipinski definition) is 2. The molecular formula is C17H26FNO. The fourth-order valence-corrected chi connectivity index (χ4v) is 3.33. The van der Waals surface area contributed by atoms with Gasteiger partial charge in [-0.15, -0.1) is 0 Å². The summed E-state index contributed by atoms with van der Waals surface area (Å²) in [5, 5.41) is 3.10. The smallest absolute Gasteiger partial charge is 0.131 e. The molecule has 2 rings (SSSR count). The zero-order valence-electron chi connectivity index (χ0n) is 12.9. The Morgan fingerprint density at radius 3 is 2.45 bits per heavy atom. The number of ether oxygens (including phenoxy) is 1. The van der Waals surface area contributed by atoms with Crippen LogP contribution in [0.15, 0.2) is 18.2 Å². The van der Waals surface area contributed by atoms with Crippen molar-refractivity contribution in [3.63, 3.8) is 0 Å². The second-order valence-corrected chi connectivity index (χ2v) is 6.32. The van der Waals surface area contributed by atoms with E-state index in [1.54, 1.807) is 6.07 Å². The minimum absolute atomic E-state index is 0.0513. The zero-order chi connectivity index (χ0) is 14.7. The van der Waals surface area contributed by atoms with Gasteiger partial charge in [-0.25, -0.2) is 4.39 Å². The van der Waals surface area contributed by atoms with E-state index in [2.05, 4.69) is 19.2 Å². The van der Waals surface area contributed by atoms with Crippen molar-refractivity contribution in [2.45, 2.75) is 52.2 Å². The van der Waals surface area contributed by atoms with Crippen LogP contribution >= 0.6 is 0 Å². The molecule has 3 heteroatoms. The Bertz CT molecular complexity index is 439. The van der Waals surface area contributed by atoms with Crippen molar-refractivity contribution in [3.8, 4) is 5.75 Å². The van der Waals surface area contributed by atoms with Gasteiger partial charge in [-0.2, -0.15) is 0 Å².